The molecule has 0 aliphatic rings. The maximum atomic E-state index is 13.7. The standard InChI is InChI=1S/C22H31FN4O/c1-5-24-22(25-14-17(2)28-21-9-7-6-8-20(21)23)26-15-18-10-12-19(13-11-18)16-27(3)4/h6-13,17H,5,14-16H2,1-4H3,(H2,24,25,26). The Bertz CT molecular complexity index is 746. The molecular weight excluding hydrogens is 355 g/mol. The monoisotopic (exact) mass is 386 g/mol. The molecule has 6 heteroatoms. The molecule has 2 aromatic rings. The second-order valence-electron chi connectivity index (χ2n) is 6.99. The predicted octanol–water partition coefficient (Wildman–Crippen LogP) is 3.41. The Morgan fingerprint density at radius 2 is 1.75 bits per heavy atom. The molecule has 0 fully saturated rings. The molecule has 28 heavy (non-hydrogen) atoms. The van der Waals surface area contributed by atoms with Crippen molar-refractivity contribution in [1.82, 2.24) is 15.5 Å². The number of para-hydroxylation sites is 1. The number of nitrogens with zero attached hydrogens (tertiary/aromatic N) is 2. The third kappa shape index (κ3) is 7.56. The lowest BCUT2D eigenvalue weighted by molar-refractivity contribution is 0.214. The average Bonchev–Trinajstić information content (AvgIpc) is 2.66. The molecule has 0 radical (unpaired) electrons. The minimum atomic E-state index is -0.354. The van der Waals surface area contributed by atoms with E-state index in [0.717, 1.165) is 18.7 Å². The van der Waals surface area contributed by atoms with Gasteiger partial charge in [0.2, 0.25) is 0 Å². The number of nitrogens with one attached hydrogen (secondary N) is 2. The lowest BCUT2D eigenvalue weighted by Gasteiger charge is -2.18. The van der Waals surface area contributed by atoms with Crippen molar-refractivity contribution >= 4 is 5.96 Å². The van der Waals surface area contributed by atoms with Gasteiger partial charge in [-0.05, 0) is 51.2 Å². The zero-order valence-corrected chi connectivity index (χ0v) is 17.2. The van der Waals surface area contributed by atoms with Gasteiger partial charge in [0, 0.05) is 13.1 Å². The number of halogens is 1. The Balaban J connectivity index is 1.88. The first-order valence-corrected chi connectivity index (χ1v) is 9.63. The van der Waals surface area contributed by atoms with Crippen molar-refractivity contribution in [3.8, 4) is 5.75 Å². The average molecular weight is 387 g/mol. The lowest BCUT2D eigenvalue weighted by atomic mass is 10.1. The Kier molecular flexibility index (Phi) is 8.75. The second kappa shape index (κ2) is 11.3. The Morgan fingerprint density at radius 1 is 1.07 bits per heavy atom. The summed E-state index contributed by atoms with van der Waals surface area (Å²) in [6.07, 6.45) is -0.203. The van der Waals surface area contributed by atoms with Crippen molar-refractivity contribution in [1.29, 1.82) is 0 Å². The lowest BCUT2D eigenvalue weighted by Crippen LogP contribution is -2.41. The molecule has 0 bridgehead atoms. The Morgan fingerprint density at radius 3 is 2.39 bits per heavy atom. The van der Waals surface area contributed by atoms with Gasteiger partial charge in [-0.3, -0.25) is 0 Å². The van der Waals surface area contributed by atoms with Gasteiger partial charge in [0.1, 0.15) is 6.10 Å². The third-order valence-corrected chi connectivity index (χ3v) is 4.01. The molecule has 0 aromatic heterocycles. The molecule has 2 aromatic carbocycles. The summed E-state index contributed by atoms with van der Waals surface area (Å²) in [5.41, 5.74) is 2.43. The van der Waals surface area contributed by atoms with E-state index in [1.54, 1.807) is 18.2 Å². The van der Waals surface area contributed by atoms with Crippen LogP contribution in [0.1, 0.15) is 25.0 Å². The van der Waals surface area contributed by atoms with Crippen LogP contribution in [0.4, 0.5) is 4.39 Å². The van der Waals surface area contributed by atoms with Gasteiger partial charge in [0.15, 0.2) is 17.5 Å². The SMILES string of the molecule is CCNC(=NCc1ccc(CN(C)C)cc1)NCC(C)Oc1ccccc1F. The summed E-state index contributed by atoms with van der Waals surface area (Å²) in [4.78, 5) is 6.77. The van der Waals surface area contributed by atoms with Gasteiger partial charge in [-0.2, -0.15) is 0 Å². The second-order valence-corrected chi connectivity index (χ2v) is 6.99. The fourth-order valence-corrected chi connectivity index (χ4v) is 2.67. The molecule has 0 heterocycles. The number of rotatable bonds is 9. The zero-order chi connectivity index (χ0) is 20.4. The molecular formula is C22H31FN4O. The van der Waals surface area contributed by atoms with Crippen LogP contribution in [-0.2, 0) is 13.1 Å². The number of benzene rings is 2. The quantitative estimate of drug-likeness (QED) is 0.512. The summed E-state index contributed by atoms with van der Waals surface area (Å²) < 4.78 is 19.3. The molecule has 152 valence electrons. The molecule has 0 spiro atoms. The van der Waals surface area contributed by atoms with Crippen molar-refractivity contribution in [2.24, 2.45) is 4.99 Å². The summed E-state index contributed by atoms with van der Waals surface area (Å²) in [5, 5.41) is 6.48. The Labute approximate surface area is 167 Å². The fourth-order valence-electron chi connectivity index (χ4n) is 2.67. The number of guanidine groups is 1. The van der Waals surface area contributed by atoms with E-state index in [2.05, 4.69) is 58.9 Å². The van der Waals surface area contributed by atoms with E-state index >= 15 is 0 Å². The summed E-state index contributed by atoms with van der Waals surface area (Å²) in [6.45, 7) is 6.70. The predicted molar refractivity (Wildman–Crippen MR) is 113 cm³/mol. The first-order valence-electron chi connectivity index (χ1n) is 9.63. The zero-order valence-electron chi connectivity index (χ0n) is 17.2. The molecule has 0 aliphatic heterocycles. The van der Waals surface area contributed by atoms with Crippen LogP contribution in [0.5, 0.6) is 5.75 Å². The Hall–Kier alpha value is -2.60. The van der Waals surface area contributed by atoms with Crippen LogP contribution in [-0.4, -0.2) is 44.1 Å². The van der Waals surface area contributed by atoms with E-state index in [0.29, 0.717) is 19.0 Å². The van der Waals surface area contributed by atoms with Crippen LogP contribution in [0.15, 0.2) is 53.5 Å². The molecule has 5 nitrogen and oxygen atoms in total. The molecule has 1 unspecified atom stereocenters. The van der Waals surface area contributed by atoms with Gasteiger partial charge in [-0.15, -0.1) is 0 Å². The number of hydrogen-bond donors (Lipinski definition) is 2. The molecule has 2 N–H and O–H groups in total. The van der Waals surface area contributed by atoms with Gasteiger partial charge in [-0.25, -0.2) is 9.38 Å². The van der Waals surface area contributed by atoms with Crippen molar-refractivity contribution < 1.29 is 9.13 Å². The van der Waals surface area contributed by atoms with Crippen LogP contribution < -0.4 is 15.4 Å². The maximum Gasteiger partial charge on any atom is 0.191 e. The number of ether oxygens (including phenoxy) is 1. The number of aliphatic imine (C=N–C) groups is 1. The van der Waals surface area contributed by atoms with Gasteiger partial charge in [-0.1, -0.05) is 36.4 Å². The summed E-state index contributed by atoms with van der Waals surface area (Å²) in [6, 6.07) is 14.9. The molecule has 0 amide bonds. The van der Waals surface area contributed by atoms with Gasteiger partial charge in [0.05, 0.1) is 13.1 Å². The minimum absolute atomic E-state index is 0.203. The summed E-state index contributed by atoms with van der Waals surface area (Å²) in [5.74, 6) is 0.619. The van der Waals surface area contributed by atoms with E-state index < -0.39 is 0 Å². The van der Waals surface area contributed by atoms with Gasteiger partial charge >= 0.3 is 0 Å². The molecule has 0 saturated heterocycles. The van der Waals surface area contributed by atoms with E-state index in [1.807, 2.05) is 13.8 Å². The third-order valence-electron chi connectivity index (χ3n) is 4.01. The van der Waals surface area contributed by atoms with Crippen molar-refractivity contribution in [2.75, 3.05) is 27.2 Å². The highest BCUT2D eigenvalue weighted by Gasteiger charge is 2.09. The van der Waals surface area contributed by atoms with E-state index in [9.17, 15) is 4.39 Å². The van der Waals surface area contributed by atoms with Crippen LogP contribution in [0.2, 0.25) is 0 Å². The van der Waals surface area contributed by atoms with Gasteiger partial charge in [0.25, 0.3) is 0 Å². The van der Waals surface area contributed by atoms with Crippen molar-refractivity contribution in [2.45, 2.75) is 33.0 Å². The van der Waals surface area contributed by atoms with Crippen LogP contribution >= 0.6 is 0 Å². The van der Waals surface area contributed by atoms with E-state index in [-0.39, 0.29) is 17.7 Å². The van der Waals surface area contributed by atoms with Crippen LogP contribution in [0.25, 0.3) is 0 Å². The fraction of sp³-hybridized carbons (Fsp3) is 0.409. The first kappa shape index (κ1) is 21.7. The van der Waals surface area contributed by atoms with Gasteiger partial charge < -0.3 is 20.3 Å². The first-order chi connectivity index (χ1) is 13.5. The normalized spacial score (nSPS) is 12.7. The van der Waals surface area contributed by atoms with E-state index in [4.69, 9.17) is 4.74 Å². The van der Waals surface area contributed by atoms with Crippen LogP contribution in [0, 0.1) is 5.82 Å². The highest BCUT2D eigenvalue weighted by Crippen LogP contribution is 2.16. The summed E-state index contributed by atoms with van der Waals surface area (Å²) >= 11 is 0. The largest absolute Gasteiger partial charge is 0.486 e. The smallest absolute Gasteiger partial charge is 0.191 e. The topological polar surface area (TPSA) is 48.9 Å². The molecule has 2 rings (SSSR count). The number of hydrogen-bond acceptors (Lipinski definition) is 3. The molecule has 0 saturated carbocycles. The molecule has 1 atom stereocenters. The highest BCUT2D eigenvalue weighted by atomic mass is 19.1. The van der Waals surface area contributed by atoms with Crippen molar-refractivity contribution in [3.05, 3.63) is 65.5 Å². The van der Waals surface area contributed by atoms with Crippen molar-refractivity contribution in [3.63, 3.8) is 0 Å². The van der Waals surface area contributed by atoms with E-state index in [1.165, 1.54) is 11.6 Å². The van der Waals surface area contributed by atoms with Crippen LogP contribution in [0.3, 0.4) is 0 Å². The molecule has 0 aliphatic carbocycles. The minimum Gasteiger partial charge on any atom is -0.486 e. The summed E-state index contributed by atoms with van der Waals surface area (Å²) in [7, 11) is 4.12. The maximum absolute atomic E-state index is 13.7. The highest BCUT2D eigenvalue weighted by molar-refractivity contribution is 5.79.